The van der Waals surface area contributed by atoms with Crippen LogP contribution in [0.4, 0.5) is 5.69 Å². The standard InChI is InChI=1S/C17H17N3O3/c1-11-6-8-12(9-7-11)17(22)20-10-15(16(21)19-18)23-14-5-3-2-4-13(14)20/h2-9,15H,10,18H2,1H3,(H,19,21)/t15-/m0/s1. The molecule has 0 radical (unpaired) electrons. The van der Waals surface area contributed by atoms with Crippen molar-refractivity contribution in [1.82, 2.24) is 5.43 Å². The summed E-state index contributed by atoms with van der Waals surface area (Å²) in [6.07, 6.45) is -0.843. The molecule has 3 N–H and O–H groups in total. The number of hydrogen-bond acceptors (Lipinski definition) is 4. The second kappa shape index (κ2) is 6.10. The van der Waals surface area contributed by atoms with E-state index in [1.54, 1.807) is 35.2 Å². The molecule has 0 unspecified atom stereocenters. The number of carbonyl (C=O) groups is 2. The first kappa shape index (κ1) is 15.1. The Morgan fingerprint density at radius 2 is 1.87 bits per heavy atom. The van der Waals surface area contributed by atoms with E-state index in [1.807, 2.05) is 25.1 Å². The van der Waals surface area contributed by atoms with E-state index in [1.165, 1.54) is 0 Å². The summed E-state index contributed by atoms with van der Waals surface area (Å²) in [6.45, 7) is 2.06. The molecule has 0 fully saturated rings. The average molecular weight is 311 g/mol. The molecule has 2 aromatic carbocycles. The van der Waals surface area contributed by atoms with Crippen LogP contribution in [0.5, 0.6) is 5.75 Å². The van der Waals surface area contributed by atoms with Gasteiger partial charge in [-0.2, -0.15) is 0 Å². The average Bonchev–Trinajstić information content (AvgIpc) is 2.60. The predicted molar refractivity (Wildman–Crippen MR) is 86.0 cm³/mol. The maximum atomic E-state index is 12.8. The number of hydrazine groups is 1. The van der Waals surface area contributed by atoms with E-state index in [2.05, 4.69) is 5.43 Å². The number of hydrogen-bond donors (Lipinski definition) is 2. The van der Waals surface area contributed by atoms with Gasteiger partial charge in [0.05, 0.1) is 12.2 Å². The number of fused-ring (bicyclic) bond motifs is 1. The highest BCUT2D eigenvalue weighted by Crippen LogP contribution is 2.34. The molecule has 0 spiro atoms. The van der Waals surface area contributed by atoms with Crippen LogP contribution in [0.15, 0.2) is 48.5 Å². The Bertz CT molecular complexity index is 743. The van der Waals surface area contributed by atoms with Crippen molar-refractivity contribution in [2.75, 3.05) is 11.4 Å². The molecule has 1 heterocycles. The van der Waals surface area contributed by atoms with Crippen LogP contribution in [-0.2, 0) is 4.79 Å². The molecule has 0 saturated heterocycles. The number of anilines is 1. The number of para-hydroxylation sites is 2. The molecule has 2 aromatic rings. The van der Waals surface area contributed by atoms with Gasteiger partial charge in [-0.25, -0.2) is 5.84 Å². The number of nitrogens with two attached hydrogens (primary N) is 1. The summed E-state index contributed by atoms with van der Waals surface area (Å²) in [5.74, 6) is 5.01. The molecule has 1 aliphatic heterocycles. The van der Waals surface area contributed by atoms with E-state index in [0.29, 0.717) is 17.0 Å². The quantitative estimate of drug-likeness (QED) is 0.499. The van der Waals surface area contributed by atoms with Crippen LogP contribution in [0.1, 0.15) is 15.9 Å². The SMILES string of the molecule is Cc1ccc(C(=O)N2C[C@@H](C(=O)NN)Oc3ccccc32)cc1. The summed E-state index contributed by atoms with van der Waals surface area (Å²) < 4.78 is 5.63. The normalized spacial score (nSPS) is 16.3. The number of benzene rings is 2. The molecule has 2 amide bonds. The Morgan fingerprint density at radius 1 is 1.17 bits per heavy atom. The van der Waals surface area contributed by atoms with Crippen molar-refractivity contribution in [2.45, 2.75) is 13.0 Å². The first-order valence-corrected chi connectivity index (χ1v) is 7.25. The van der Waals surface area contributed by atoms with Crippen LogP contribution in [0.3, 0.4) is 0 Å². The van der Waals surface area contributed by atoms with Gasteiger partial charge in [-0.3, -0.25) is 15.0 Å². The first-order chi connectivity index (χ1) is 11.1. The molecule has 1 aliphatic rings. The second-order valence-electron chi connectivity index (χ2n) is 5.36. The van der Waals surface area contributed by atoms with Gasteiger partial charge in [0.2, 0.25) is 0 Å². The van der Waals surface area contributed by atoms with Crippen molar-refractivity contribution < 1.29 is 14.3 Å². The topological polar surface area (TPSA) is 84.7 Å². The molecular formula is C17H17N3O3. The lowest BCUT2D eigenvalue weighted by Crippen LogP contribution is -2.52. The van der Waals surface area contributed by atoms with Gasteiger partial charge < -0.3 is 9.64 Å². The van der Waals surface area contributed by atoms with Crippen molar-refractivity contribution in [3.63, 3.8) is 0 Å². The van der Waals surface area contributed by atoms with E-state index in [0.717, 1.165) is 5.56 Å². The fraction of sp³-hybridized carbons (Fsp3) is 0.176. The van der Waals surface area contributed by atoms with E-state index in [-0.39, 0.29) is 12.5 Å². The summed E-state index contributed by atoms with van der Waals surface area (Å²) in [5.41, 5.74) is 4.34. The number of amides is 2. The van der Waals surface area contributed by atoms with Gasteiger partial charge in [-0.1, -0.05) is 29.8 Å². The Labute approximate surface area is 133 Å². The zero-order valence-corrected chi connectivity index (χ0v) is 12.7. The van der Waals surface area contributed by atoms with Gasteiger partial charge in [0.1, 0.15) is 5.75 Å². The smallest absolute Gasteiger partial charge is 0.276 e. The maximum Gasteiger partial charge on any atom is 0.276 e. The number of rotatable bonds is 2. The molecule has 118 valence electrons. The van der Waals surface area contributed by atoms with E-state index >= 15 is 0 Å². The van der Waals surface area contributed by atoms with Crippen LogP contribution in [0.25, 0.3) is 0 Å². The minimum absolute atomic E-state index is 0.104. The zero-order valence-electron chi connectivity index (χ0n) is 12.7. The van der Waals surface area contributed by atoms with Crippen molar-refractivity contribution in [3.05, 3.63) is 59.7 Å². The third kappa shape index (κ3) is 2.89. The number of nitrogens with zero attached hydrogens (tertiary/aromatic N) is 1. The summed E-state index contributed by atoms with van der Waals surface area (Å²) in [7, 11) is 0. The highest BCUT2D eigenvalue weighted by molar-refractivity contribution is 6.07. The molecule has 0 aromatic heterocycles. The van der Waals surface area contributed by atoms with Gasteiger partial charge in [-0.15, -0.1) is 0 Å². The van der Waals surface area contributed by atoms with Gasteiger partial charge in [-0.05, 0) is 31.2 Å². The summed E-state index contributed by atoms with van der Waals surface area (Å²) in [6, 6.07) is 14.4. The summed E-state index contributed by atoms with van der Waals surface area (Å²) >= 11 is 0. The second-order valence-corrected chi connectivity index (χ2v) is 5.36. The predicted octanol–water partition coefficient (Wildman–Crippen LogP) is 1.39. The Morgan fingerprint density at radius 3 is 2.57 bits per heavy atom. The van der Waals surface area contributed by atoms with Crippen molar-refractivity contribution >= 4 is 17.5 Å². The largest absolute Gasteiger partial charge is 0.476 e. The van der Waals surface area contributed by atoms with Crippen molar-refractivity contribution in [2.24, 2.45) is 5.84 Å². The monoisotopic (exact) mass is 311 g/mol. The van der Waals surface area contributed by atoms with Gasteiger partial charge in [0.15, 0.2) is 6.10 Å². The molecular weight excluding hydrogens is 294 g/mol. The van der Waals surface area contributed by atoms with Crippen LogP contribution in [0, 0.1) is 6.92 Å². The minimum Gasteiger partial charge on any atom is -0.476 e. The molecule has 23 heavy (non-hydrogen) atoms. The van der Waals surface area contributed by atoms with E-state index in [4.69, 9.17) is 10.6 Å². The molecule has 1 atom stereocenters. The third-order valence-corrected chi connectivity index (χ3v) is 3.75. The highest BCUT2D eigenvalue weighted by atomic mass is 16.5. The highest BCUT2D eigenvalue weighted by Gasteiger charge is 2.33. The molecule has 0 saturated carbocycles. The van der Waals surface area contributed by atoms with E-state index in [9.17, 15) is 9.59 Å². The molecule has 0 aliphatic carbocycles. The van der Waals surface area contributed by atoms with Crippen LogP contribution in [0.2, 0.25) is 0 Å². The molecule has 6 heteroatoms. The maximum absolute atomic E-state index is 12.8. The lowest BCUT2D eigenvalue weighted by atomic mass is 10.1. The van der Waals surface area contributed by atoms with Gasteiger partial charge in [0, 0.05) is 5.56 Å². The van der Waals surface area contributed by atoms with Gasteiger partial charge in [0.25, 0.3) is 11.8 Å². The molecule has 6 nitrogen and oxygen atoms in total. The molecule has 3 rings (SSSR count). The lowest BCUT2D eigenvalue weighted by Gasteiger charge is -2.34. The van der Waals surface area contributed by atoms with Crippen LogP contribution in [-0.4, -0.2) is 24.5 Å². The Kier molecular flexibility index (Phi) is 3.99. The van der Waals surface area contributed by atoms with E-state index < -0.39 is 12.0 Å². The number of ether oxygens (including phenoxy) is 1. The Hall–Kier alpha value is -2.86. The zero-order chi connectivity index (χ0) is 16.4. The van der Waals surface area contributed by atoms with Gasteiger partial charge >= 0.3 is 0 Å². The first-order valence-electron chi connectivity index (χ1n) is 7.25. The van der Waals surface area contributed by atoms with Crippen LogP contribution >= 0.6 is 0 Å². The number of nitrogens with one attached hydrogen (secondary N) is 1. The summed E-state index contributed by atoms with van der Waals surface area (Å²) in [5, 5.41) is 0. The number of aryl methyl sites for hydroxylation is 1. The fourth-order valence-electron chi connectivity index (χ4n) is 2.51. The van der Waals surface area contributed by atoms with Crippen LogP contribution < -0.4 is 20.9 Å². The fourth-order valence-corrected chi connectivity index (χ4v) is 2.51. The molecule has 0 bridgehead atoms. The third-order valence-electron chi connectivity index (χ3n) is 3.75. The summed E-state index contributed by atoms with van der Waals surface area (Å²) in [4.78, 5) is 26.2. The Balaban J connectivity index is 1.97. The lowest BCUT2D eigenvalue weighted by molar-refractivity contribution is -0.127. The minimum atomic E-state index is -0.843. The van der Waals surface area contributed by atoms with Crippen molar-refractivity contribution in [1.29, 1.82) is 0 Å². The number of carbonyl (C=O) groups excluding carboxylic acids is 2. The van der Waals surface area contributed by atoms with Crippen molar-refractivity contribution in [3.8, 4) is 5.75 Å².